The van der Waals surface area contributed by atoms with Gasteiger partial charge in [0.25, 0.3) is 0 Å². The Morgan fingerprint density at radius 1 is 1.58 bits per heavy atom. The van der Waals surface area contributed by atoms with Gasteiger partial charge in [0.05, 0.1) is 0 Å². The van der Waals surface area contributed by atoms with Crippen molar-refractivity contribution in [2.24, 2.45) is 5.92 Å². The molecule has 0 aliphatic heterocycles. The molecule has 0 atom stereocenters. The molecule has 0 spiro atoms. The Labute approximate surface area is 85.4 Å². The van der Waals surface area contributed by atoms with Crippen molar-refractivity contribution < 1.29 is 16.5 Å². The second-order valence-corrected chi connectivity index (χ2v) is 3.14. The van der Waals surface area contributed by atoms with E-state index in [1.54, 1.807) is 0 Å². The van der Waals surface area contributed by atoms with Gasteiger partial charge in [-0.25, -0.2) is 0 Å². The average Bonchev–Trinajstić information content (AvgIpc) is 2.40. The first-order valence-electron chi connectivity index (χ1n) is 4.11. The van der Waals surface area contributed by atoms with Gasteiger partial charge in [-0.05, 0) is 6.42 Å². The molecular weight excluding hydrogens is 191 g/mol. The molecular formula is C11H15Ni-. The third-order valence-corrected chi connectivity index (χ3v) is 1.98. The van der Waals surface area contributed by atoms with Crippen LogP contribution in [0.25, 0.3) is 0 Å². The number of rotatable bonds is 3. The topological polar surface area (TPSA) is 0 Å². The van der Waals surface area contributed by atoms with Crippen molar-refractivity contribution in [3.05, 3.63) is 42.4 Å². The maximum atomic E-state index is 3.82. The van der Waals surface area contributed by atoms with Crippen LogP contribution in [0.15, 0.2) is 36.5 Å². The van der Waals surface area contributed by atoms with Crippen LogP contribution < -0.4 is 0 Å². The zero-order valence-corrected chi connectivity index (χ0v) is 8.60. The molecule has 0 heterocycles. The molecule has 0 amide bonds. The Bertz CT molecular complexity index is 199. The number of hydrogen-bond donors (Lipinski definition) is 0. The molecule has 0 radical (unpaired) electrons. The van der Waals surface area contributed by atoms with Crippen molar-refractivity contribution in [1.29, 1.82) is 0 Å². The van der Waals surface area contributed by atoms with Gasteiger partial charge in [-0.3, -0.25) is 0 Å². The molecule has 0 N–H and O–H groups in total. The summed E-state index contributed by atoms with van der Waals surface area (Å²) in [6.07, 6.45) is 9.53. The summed E-state index contributed by atoms with van der Waals surface area (Å²) in [6.45, 7) is 8.23. The monoisotopic (exact) mass is 205 g/mol. The summed E-state index contributed by atoms with van der Waals surface area (Å²) >= 11 is 0. The minimum Gasteiger partial charge on any atom is -0.194 e. The summed E-state index contributed by atoms with van der Waals surface area (Å²) in [6, 6.07) is 0. The average molecular weight is 206 g/mol. The fourth-order valence-corrected chi connectivity index (χ4v) is 1.40. The fourth-order valence-electron chi connectivity index (χ4n) is 1.40. The van der Waals surface area contributed by atoms with Gasteiger partial charge in [0, 0.05) is 16.5 Å². The molecule has 0 aromatic heterocycles. The summed E-state index contributed by atoms with van der Waals surface area (Å²) in [5.74, 6) is 1.98. The molecule has 0 aromatic carbocycles. The summed E-state index contributed by atoms with van der Waals surface area (Å²) in [5.41, 5.74) is 1.43. The molecule has 0 nitrogen and oxygen atoms in total. The van der Waals surface area contributed by atoms with Gasteiger partial charge in [0.2, 0.25) is 0 Å². The molecule has 0 fully saturated rings. The van der Waals surface area contributed by atoms with Gasteiger partial charge in [0.1, 0.15) is 0 Å². The van der Waals surface area contributed by atoms with Crippen LogP contribution in [0, 0.1) is 11.8 Å². The summed E-state index contributed by atoms with van der Waals surface area (Å²) in [5, 5.41) is 0. The van der Waals surface area contributed by atoms with Crippen LogP contribution in [-0.4, -0.2) is 0 Å². The third kappa shape index (κ3) is 2.57. The Balaban J connectivity index is 0.00000121. The molecule has 12 heavy (non-hydrogen) atoms. The molecule has 0 saturated carbocycles. The SMILES string of the molecule is C=C[C-](C1=CC=CC1)C(C)C.[Ni]. The van der Waals surface area contributed by atoms with E-state index in [1.165, 1.54) is 11.5 Å². The van der Waals surface area contributed by atoms with Crippen LogP contribution in [-0.2, 0) is 16.5 Å². The van der Waals surface area contributed by atoms with E-state index >= 15 is 0 Å². The Morgan fingerprint density at radius 3 is 2.58 bits per heavy atom. The maximum Gasteiger partial charge on any atom is 0 e. The normalized spacial score (nSPS) is 14.1. The minimum absolute atomic E-state index is 0. The fraction of sp³-hybridized carbons (Fsp3) is 0.364. The molecule has 1 aliphatic rings. The van der Waals surface area contributed by atoms with E-state index in [9.17, 15) is 0 Å². The Morgan fingerprint density at radius 2 is 2.25 bits per heavy atom. The first kappa shape index (κ1) is 11.6. The zero-order chi connectivity index (χ0) is 8.27. The van der Waals surface area contributed by atoms with Crippen molar-refractivity contribution >= 4 is 0 Å². The van der Waals surface area contributed by atoms with E-state index in [4.69, 9.17) is 0 Å². The van der Waals surface area contributed by atoms with E-state index in [0.717, 1.165) is 6.42 Å². The van der Waals surface area contributed by atoms with Crippen molar-refractivity contribution in [3.8, 4) is 0 Å². The molecule has 0 aromatic rings. The van der Waals surface area contributed by atoms with E-state index in [-0.39, 0.29) is 16.5 Å². The third-order valence-electron chi connectivity index (χ3n) is 1.98. The molecule has 1 aliphatic carbocycles. The first-order chi connectivity index (χ1) is 5.25. The summed E-state index contributed by atoms with van der Waals surface area (Å²) in [7, 11) is 0. The van der Waals surface area contributed by atoms with Crippen molar-refractivity contribution in [3.63, 3.8) is 0 Å². The zero-order valence-electron chi connectivity index (χ0n) is 7.62. The van der Waals surface area contributed by atoms with Crippen LogP contribution in [0.1, 0.15) is 20.3 Å². The van der Waals surface area contributed by atoms with Gasteiger partial charge in [-0.15, -0.1) is 11.6 Å². The Hall–Kier alpha value is -0.416. The van der Waals surface area contributed by atoms with Crippen molar-refractivity contribution in [2.45, 2.75) is 20.3 Å². The number of hydrogen-bond acceptors (Lipinski definition) is 0. The molecule has 70 valence electrons. The van der Waals surface area contributed by atoms with Crippen LogP contribution in [0.2, 0.25) is 0 Å². The maximum absolute atomic E-state index is 3.82. The van der Waals surface area contributed by atoms with Crippen LogP contribution in [0.5, 0.6) is 0 Å². The summed E-state index contributed by atoms with van der Waals surface area (Å²) in [4.78, 5) is 0. The second kappa shape index (κ2) is 5.27. The quantitative estimate of drug-likeness (QED) is 0.490. The Kier molecular flexibility index (Phi) is 5.09. The predicted molar refractivity (Wildman–Crippen MR) is 50.1 cm³/mol. The predicted octanol–water partition coefficient (Wildman–Crippen LogP) is 3.29. The number of allylic oxidation sites excluding steroid dienone is 5. The van der Waals surface area contributed by atoms with Gasteiger partial charge >= 0.3 is 0 Å². The van der Waals surface area contributed by atoms with Crippen LogP contribution >= 0.6 is 0 Å². The molecule has 1 heteroatoms. The van der Waals surface area contributed by atoms with Gasteiger partial charge in [-0.2, -0.15) is 24.6 Å². The van der Waals surface area contributed by atoms with Crippen molar-refractivity contribution in [1.82, 2.24) is 0 Å². The van der Waals surface area contributed by atoms with Gasteiger partial charge in [0.15, 0.2) is 0 Å². The second-order valence-electron chi connectivity index (χ2n) is 3.14. The molecule has 1 rings (SSSR count). The first-order valence-corrected chi connectivity index (χ1v) is 4.11. The minimum atomic E-state index is 0. The molecule has 0 saturated heterocycles. The van der Waals surface area contributed by atoms with Crippen LogP contribution in [0.3, 0.4) is 0 Å². The van der Waals surface area contributed by atoms with E-state index in [2.05, 4.69) is 38.7 Å². The van der Waals surface area contributed by atoms with E-state index < -0.39 is 0 Å². The summed E-state index contributed by atoms with van der Waals surface area (Å²) < 4.78 is 0. The molecule has 0 bridgehead atoms. The standard InChI is InChI=1S/C11H15.Ni/c1-4-11(9(2)3)10-7-5-6-8-10;/h4-7,9H,1,8H2,2-3H3;/q-1;. The van der Waals surface area contributed by atoms with Crippen LogP contribution in [0.4, 0.5) is 0 Å². The molecule has 0 unspecified atom stereocenters. The largest absolute Gasteiger partial charge is 0.194 e. The van der Waals surface area contributed by atoms with E-state index in [0.29, 0.717) is 5.92 Å². The van der Waals surface area contributed by atoms with Gasteiger partial charge in [-0.1, -0.05) is 25.8 Å². The smallest absolute Gasteiger partial charge is 0 e. The van der Waals surface area contributed by atoms with Gasteiger partial charge < -0.3 is 0 Å². The van der Waals surface area contributed by atoms with Crippen molar-refractivity contribution in [2.75, 3.05) is 0 Å². The van der Waals surface area contributed by atoms with E-state index in [1.807, 2.05) is 6.08 Å².